The minimum atomic E-state index is 0.393. The van der Waals surface area contributed by atoms with Crippen molar-refractivity contribution in [3.05, 3.63) is 28.8 Å². The highest BCUT2D eigenvalue weighted by Crippen LogP contribution is 2.44. The fraction of sp³-hybridized carbons (Fsp3) is 0.667. The van der Waals surface area contributed by atoms with E-state index in [0.29, 0.717) is 16.2 Å². The summed E-state index contributed by atoms with van der Waals surface area (Å²) in [6.45, 7) is 7.09. The molecule has 1 saturated carbocycles. The van der Waals surface area contributed by atoms with Crippen molar-refractivity contribution in [3.8, 4) is 5.75 Å². The fourth-order valence-corrected chi connectivity index (χ4v) is 4.28. The molecule has 0 bridgehead atoms. The van der Waals surface area contributed by atoms with Gasteiger partial charge < -0.3 is 4.74 Å². The fourth-order valence-electron chi connectivity index (χ4n) is 3.41. The number of rotatable bonds is 3. The predicted octanol–water partition coefficient (Wildman–Crippen LogP) is 6.12. The molecule has 1 aliphatic carbocycles. The SMILES string of the molecule is COc1ccc(Cl)cc1CC1CC(C(C)(C)C)CCC1Br. The van der Waals surface area contributed by atoms with Crippen LogP contribution in [0.1, 0.15) is 45.6 Å². The van der Waals surface area contributed by atoms with Gasteiger partial charge in [-0.2, -0.15) is 0 Å². The first-order chi connectivity index (χ1) is 9.81. The molecule has 0 aromatic heterocycles. The van der Waals surface area contributed by atoms with E-state index in [2.05, 4.69) is 42.8 Å². The van der Waals surface area contributed by atoms with Crippen LogP contribution in [0.25, 0.3) is 0 Å². The molecule has 3 atom stereocenters. The Kier molecular flexibility index (Phi) is 5.65. The Balaban J connectivity index is 2.15. The van der Waals surface area contributed by atoms with Gasteiger partial charge in [0.2, 0.25) is 0 Å². The van der Waals surface area contributed by atoms with Gasteiger partial charge in [-0.3, -0.25) is 0 Å². The topological polar surface area (TPSA) is 9.23 Å². The van der Waals surface area contributed by atoms with Gasteiger partial charge in [-0.05, 0) is 66.7 Å². The van der Waals surface area contributed by atoms with Crippen LogP contribution in [0.4, 0.5) is 0 Å². The molecule has 118 valence electrons. The second-order valence-corrected chi connectivity index (χ2v) is 8.92. The highest BCUT2D eigenvalue weighted by Gasteiger charge is 2.35. The summed E-state index contributed by atoms with van der Waals surface area (Å²) in [5, 5.41) is 0.792. The van der Waals surface area contributed by atoms with Crippen LogP contribution in [-0.4, -0.2) is 11.9 Å². The van der Waals surface area contributed by atoms with E-state index in [1.807, 2.05) is 12.1 Å². The van der Waals surface area contributed by atoms with Crippen LogP contribution in [0.5, 0.6) is 5.75 Å². The summed E-state index contributed by atoms with van der Waals surface area (Å²) < 4.78 is 5.50. The van der Waals surface area contributed by atoms with Crippen molar-refractivity contribution in [2.45, 2.75) is 51.3 Å². The van der Waals surface area contributed by atoms with Gasteiger partial charge in [0.15, 0.2) is 0 Å². The average molecular weight is 374 g/mol. The summed E-state index contributed by atoms with van der Waals surface area (Å²) in [4.78, 5) is 0.597. The quantitative estimate of drug-likeness (QED) is 0.580. The van der Waals surface area contributed by atoms with Gasteiger partial charge in [-0.15, -0.1) is 0 Å². The molecule has 1 aromatic rings. The largest absolute Gasteiger partial charge is 0.496 e. The lowest BCUT2D eigenvalue weighted by atomic mass is 9.68. The molecule has 0 aliphatic heterocycles. The highest BCUT2D eigenvalue weighted by atomic mass is 79.9. The lowest BCUT2D eigenvalue weighted by Crippen LogP contribution is -2.33. The maximum atomic E-state index is 6.16. The standard InChI is InChI=1S/C18H26BrClO/c1-18(2,3)14-5-7-16(19)12(10-14)9-13-11-15(20)6-8-17(13)21-4/h6,8,11-12,14,16H,5,7,9-10H2,1-4H3. The van der Waals surface area contributed by atoms with E-state index in [0.717, 1.165) is 23.1 Å². The Labute approximate surface area is 142 Å². The molecule has 0 radical (unpaired) electrons. The number of benzene rings is 1. The Morgan fingerprint density at radius 3 is 2.62 bits per heavy atom. The van der Waals surface area contributed by atoms with Crippen molar-refractivity contribution in [2.75, 3.05) is 7.11 Å². The molecule has 1 aromatic carbocycles. The second-order valence-electron chi connectivity index (χ2n) is 7.31. The zero-order chi connectivity index (χ0) is 15.6. The molecule has 1 aliphatic rings. The number of hydrogen-bond acceptors (Lipinski definition) is 1. The zero-order valence-corrected chi connectivity index (χ0v) is 15.8. The van der Waals surface area contributed by atoms with Gasteiger partial charge in [0.1, 0.15) is 5.75 Å². The van der Waals surface area contributed by atoms with E-state index in [9.17, 15) is 0 Å². The molecule has 0 N–H and O–H groups in total. The van der Waals surface area contributed by atoms with Gasteiger partial charge in [0, 0.05) is 9.85 Å². The molecule has 0 saturated heterocycles. The monoisotopic (exact) mass is 372 g/mol. The lowest BCUT2D eigenvalue weighted by molar-refractivity contribution is 0.146. The van der Waals surface area contributed by atoms with Gasteiger partial charge in [-0.1, -0.05) is 48.3 Å². The van der Waals surface area contributed by atoms with Crippen LogP contribution in [0.2, 0.25) is 5.02 Å². The van der Waals surface area contributed by atoms with Crippen LogP contribution in [-0.2, 0) is 6.42 Å². The van der Waals surface area contributed by atoms with Crippen LogP contribution in [0, 0.1) is 17.3 Å². The second kappa shape index (κ2) is 6.91. The number of ether oxygens (including phenoxy) is 1. The van der Waals surface area contributed by atoms with E-state index in [1.165, 1.54) is 24.8 Å². The first kappa shape index (κ1) is 17.1. The molecule has 3 heteroatoms. The number of hydrogen-bond donors (Lipinski definition) is 0. The Morgan fingerprint density at radius 2 is 2.00 bits per heavy atom. The van der Waals surface area contributed by atoms with Crippen molar-refractivity contribution in [1.29, 1.82) is 0 Å². The minimum Gasteiger partial charge on any atom is -0.496 e. The third-order valence-electron chi connectivity index (χ3n) is 4.84. The maximum Gasteiger partial charge on any atom is 0.122 e. The first-order valence-corrected chi connectivity index (χ1v) is 9.07. The molecular weight excluding hydrogens is 348 g/mol. The molecule has 0 spiro atoms. The summed E-state index contributed by atoms with van der Waals surface area (Å²) in [5.41, 5.74) is 1.62. The predicted molar refractivity (Wildman–Crippen MR) is 94.7 cm³/mol. The maximum absolute atomic E-state index is 6.16. The van der Waals surface area contributed by atoms with Gasteiger partial charge in [0.05, 0.1) is 7.11 Å². The minimum absolute atomic E-state index is 0.393. The molecular formula is C18H26BrClO. The summed E-state index contributed by atoms with van der Waals surface area (Å²) in [6, 6.07) is 5.93. The summed E-state index contributed by atoms with van der Waals surface area (Å²) >= 11 is 10.1. The van der Waals surface area contributed by atoms with Crippen LogP contribution < -0.4 is 4.74 Å². The molecule has 1 nitrogen and oxygen atoms in total. The van der Waals surface area contributed by atoms with E-state index in [-0.39, 0.29) is 0 Å². The number of methoxy groups -OCH3 is 1. The van der Waals surface area contributed by atoms with Crippen molar-refractivity contribution in [2.24, 2.45) is 17.3 Å². The molecule has 1 fully saturated rings. The van der Waals surface area contributed by atoms with E-state index in [4.69, 9.17) is 16.3 Å². The van der Waals surface area contributed by atoms with Crippen LogP contribution >= 0.6 is 27.5 Å². The summed E-state index contributed by atoms with van der Waals surface area (Å²) in [7, 11) is 1.73. The van der Waals surface area contributed by atoms with Crippen molar-refractivity contribution >= 4 is 27.5 Å². The Bertz CT molecular complexity index is 481. The van der Waals surface area contributed by atoms with Crippen molar-refractivity contribution in [3.63, 3.8) is 0 Å². The molecule has 0 heterocycles. The van der Waals surface area contributed by atoms with Crippen LogP contribution in [0.3, 0.4) is 0 Å². The number of halogens is 2. The third-order valence-corrected chi connectivity index (χ3v) is 6.28. The summed E-state index contributed by atoms with van der Waals surface area (Å²) in [5.74, 6) is 2.40. The van der Waals surface area contributed by atoms with Gasteiger partial charge in [0.25, 0.3) is 0 Å². The number of alkyl halides is 1. The lowest BCUT2D eigenvalue weighted by Gasteiger charge is -2.40. The third kappa shape index (κ3) is 4.39. The zero-order valence-electron chi connectivity index (χ0n) is 13.5. The van der Waals surface area contributed by atoms with Crippen molar-refractivity contribution < 1.29 is 4.74 Å². The summed E-state index contributed by atoms with van der Waals surface area (Å²) in [6.07, 6.45) is 4.89. The van der Waals surface area contributed by atoms with Crippen molar-refractivity contribution in [1.82, 2.24) is 0 Å². The average Bonchev–Trinajstić information content (AvgIpc) is 2.40. The Hall–Kier alpha value is -0.210. The Morgan fingerprint density at radius 1 is 1.29 bits per heavy atom. The van der Waals surface area contributed by atoms with E-state index >= 15 is 0 Å². The van der Waals surface area contributed by atoms with Gasteiger partial charge in [-0.25, -0.2) is 0 Å². The molecule has 21 heavy (non-hydrogen) atoms. The van der Waals surface area contributed by atoms with Crippen LogP contribution in [0.15, 0.2) is 18.2 Å². The highest BCUT2D eigenvalue weighted by molar-refractivity contribution is 9.09. The molecule has 2 rings (SSSR count). The first-order valence-electron chi connectivity index (χ1n) is 7.77. The smallest absolute Gasteiger partial charge is 0.122 e. The van der Waals surface area contributed by atoms with Gasteiger partial charge >= 0.3 is 0 Å². The molecule has 0 amide bonds. The normalized spacial score (nSPS) is 26.7. The van der Waals surface area contributed by atoms with E-state index < -0.39 is 0 Å². The molecule has 3 unspecified atom stereocenters. The van der Waals surface area contributed by atoms with E-state index in [1.54, 1.807) is 7.11 Å².